The van der Waals surface area contributed by atoms with Crippen molar-refractivity contribution in [2.75, 3.05) is 13.6 Å². The Kier molecular flexibility index (Phi) is 4.16. The molecule has 0 aliphatic heterocycles. The summed E-state index contributed by atoms with van der Waals surface area (Å²) in [4.78, 5) is 2.32. The molecule has 3 N–H and O–H groups in total. The third-order valence-corrected chi connectivity index (χ3v) is 4.47. The predicted octanol–water partition coefficient (Wildman–Crippen LogP) is 3.44. The number of benzene rings is 1. The smallest absolute Gasteiger partial charge is 0.0911 e. The van der Waals surface area contributed by atoms with Crippen LogP contribution in [-0.4, -0.2) is 24.3 Å². The van der Waals surface area contributed by atoms with E-state index in [2.05, 4.69) is 24.9 Å². The van der Waals surface area contributed by atoms with Crippen LogP contribution in [0.4, 0.5) is 0 Å². The minimum absolute atomic E-state index is 0.232. The first kappa shape index (κ1) is 14.4. The molecule has 0 bridgehead atoms. The van der Waals surface area contributed by atoms with Crippen molar-refractivity contribution < 1.29 is 0 Å². The van der Waals surface area contributed by atoms with Crippen LogP contribution >= 0.6 is 11.6 Å². The molecule has 1 atom stereocenters. The van der Waals surface area contributed by atoms with Gasteiger partial charge in [0.15, 0.2) is 0 Å². The molecular formula is C15H22ClN3. The van der Waals surface area contributed by atoms with Crippen molar-refractivity contribution in [1.29, 1.82) is 5.41 Å². The third kappa shape index (κ3) is 3.48. The SMILES string of the molecule is CC(c1ccccc1Cl)N(C)CC1(CC(=N)N)CC1. The second kappa shape index (κ2) is 5.51. The van der Waals surface area contributed by atoms with Crippen molar-refractivity contribution in [3.63, 3.8) is 0 Å². The van der Waals surface area contributed by atoms with E-state index in [0.717, 1.165) is 17.1 Å². The molecule has 0 heterocycles. The number of hydrogen-bond donors (Lipinski definition) is 2. The molecule has 1 unspecified atom stereocenters. The first-order chi connectivity index (χ1) is 8.93. The van der Waals surface area contributed by atoms with E-state index in [1.807, 2.05) is 18.2 Å². The number of nitrogens with one attached hydrogen (secondary N) is 1. The first-order valence-corrected chi connectivity index (χ1v) is 7.09. The van der Waals surface area contributed by atoms with E-state index in [-0.39, 0.29) is 11.5 Å². The first-order valence-electron chi connectivity index (χ1n) is 6.71. The number of nitrogens with two attached hydrogens (primary N) is 1. The van der Waals surface area contributed by atoms with Gasteiger partial charge in [0.25, 0.3) is 0 Å². The van der Waals surface area contributed by atoms with Gasteiger partial charge in [0.05, 0.1) is 5.84 Å². The molecule has 4 heteroatoms. The molecule has 1 aromatic rings. The van der Waals surface area contributed by atoms with Gasteiger partial charge in [0, 0.05) is 24.0 Å². The third-order valence-electron chi connectivity index (χ3n) is 4.12. The quantitative estimate of drug-likeness (QED) is 0.619. The molecule has 104 valence electrons. The van der Waals surface area contributed by atoms with Gasteiger partial charge in [-0.1, -0.05) is 29.8 Å². The number of nitrogens with zero attached hydrogens (tertiary/aromatic N) is 1. The highest BCUT2D eigenvalue weighted by Gasteiger charge is 2.44. The van der Waals surface area contributed by atoms with Crippen molar-refractivity contribution >= 4 is 17.4 Å². The highest BCUT2D eigenvalue weighted by molar-refractivity contribution is 6.31. The fraction of sp³-hybridized carbons (Fsp3) is 0.533. The maximum atomic E-state index is 7.48. The van der Waals surface area contributed by atoms with Crippen LogP contribution in [0.15, 0.2) is 24.3 Å². The molecule has 1 fully saturated rings. The Labute approximate surface area is 120 Å². The van der Waals surface area contributed by atoms with Crippen LogP contribution in [0.5, 0.6) is 0 Å². The van der Waals surface area contributed by atoms with Crippen molar-refractivity contribution in [1.82, 2.24) is 4.90 Å². The molecule has 19 heavy (non-hydrogen) atoms. The minimum Gasteiger partial charge on any atom is -0.388 e. The lowest BCUT2D eigenvalue weighted by molar-refractivity contribution is 0.211. The summed E-state index contributed by atoms with van der Waals surface area (Å²) in [6.07, 6.45) is 3.06. The molecule has 2 rings (SSSR count). The van der Waals surface area contributed by atoms with Crippen LogP contribution in [0, 0.1) is 10.8 Å². The summed E-state index contributed by atoms with van der Waals surface area (Å²) >= 11 is 6.25. The molecule has 0 radical (unpaired) electrons. The van der Waals surface area contributed by atoms with E-state index in [0.29, 0.717) is 12.3 Å². The molecule has 0 aromatic heterocycles. The van der Waals surface area contributed by atoms with Gasteiger partial charge in [0.1, 0.15) is 0 Å². The second-order valence-corrected chi connectivity index (χ2v) is 6.22. The van der Waals surface area contributed by atoms with Crippen molar-refractivity contribution in [3.05, 3.63) is 34.9 Å². The fourth-order valence-corrected chi connectivity index (χ4v) is 2.98. The maximum absolute atomic E-state index is 7.48. The lowest BCUT2D eigenvalue weighted by atomic mass is 9.99. The summed E-state index contributed by atoms with van der Waals surface area (Å²) in [5.74, 6) is 0.302. The van der Waals surface area contributed by atoms with E-state index in [4.69, 9.17) is 22.7 Å². The average molecular weight is 280 g/mol. The molecule has 3 nitrogen and oxygen atoms in total. The molecule has 0 spiro atoms. The van der Waals surface area contributed by atoms with Gasteiger partial charge in [-0.2, -0.15) is 0 Å². The zero-order chi connectivity index (χ0) is 14.0. The Balaban J connectivity index is 2.02. The Hall–Kier alpha value is -1.06. The summed E-state index contributed by atoms with van der Waals surface area (Å²) < 4.78 is 0. The van der Waals surface area contributed by atoms with Crippen LogP contribution in [0.3, 0.4) is 0 Å². The van der Waals surface area contributed by atoms with Gasteiger partial charge in [-0.25, -0.2) is 0 Å². The topological polar surface area (TPSA) is 53.1 Å². The second-order valence-electron chi connectivity index (χ2n) is 5.81. The highest BCUT2D eigenvalue weighted by Crippen LogP contribution is 2.50. The zero-order valence-electron chi connectivity index (χ0n) is 11.6. The summed E-state index contributed by atoms with van der Waals surface area (Å²) in [5, 5.41) is 8.30. The van der Waals surface area contributed by atoms with Gasteiger partial charge in [-0.05, 0) is 43.9 Å². The van der Waals surface area contributed by atoms with Crippen LogP contribution in [0.25, 0.3) is 0 Å². The molecule has 1 aromatic carbocycles. The fourth-order valence-electron chi connectivity index (χ4n) is 2.69. The molecule has 0 saturated heterocycles. The summed E-state index contributed by atoms with van der Waals surface area (Å²) in [7, 11) is 2.12. The van der Waals surface area contributed by atoms with E-state index in [1.54, 1.807) is 0 Å². The summed E-state index contributed by atoms with van der Waals surface area (Å²) in [6.45, 7) is 3.14. The number of rotatable bonds is 6. The van der Waals surface area contributed by atoms with Crippen LogP contribution in [0.1, 0.15) is 37.8 Å². The average Bonchev–Trinajstić information content (AvgIpc) is 3.07. The van der Waals surface area contributed by atoms with Gasteiger partial charge in [0.2, 0.25) is 0 Å². The Morgan fingerprint density at radius 2 is 2.11 bits per heavy atom. The monoisotopic (exact) mass is 279 g/mol. The Bertz CT molecular complexity index is 468. The number of amidine groups is 1. The van der Waals surface area contributed by atoms with Crippen LogP contribution in [-0.2, 0) is 0 Å². The van der Waals surface area contributed by atoms with Crippen LogP contribution < -0.4 is 5.73 Å². The molecule has 1 aliphatic rings. The summed E-state index contributed by atoms with van der Waals surface area (Å²) in [6, 6.07) is 8.26. The zero-order valence-corrected chi connectivity index (χ0v) is 12.4. The molecule has 0 amide bonds. The molecule has 1 aliphatic carbocycles. The lowest BCUT2D eigenvalue weighted by Crippen LogP contribution is -2.31. The van der Waals surface area contributed by atoms with Crippen molar-refractivity contribution in [2.45, 2.75) is 32.2 Å². The predicted molar refractivity (Wildman–Crippen MR) is 80.7 cm³/mol. The van der Waals surface area contributed by atoms with Gasteiger partial charge in [-0.15, -0.1) is 0 Å². The van der Waals surface area contributed by atoms with Crippen LogP contribution in [0.2, 0.25) is 5.02 Å². The Morgan fingerprint density at radius 3 is 2.63 bits per heavy atom. The minimum atomic E-state index is 0.232. The van der Waals surface area contributed by atoms with Crippen molar-refractivity contribution in [3.8, 4) is 0 Å². The largest absolute Gasteiger partial charge is 0.388 e. The molecule has 1 saturated carbocycles. The van der Waals surface area contributed by atoms with E-state index in [1.165, 1.54) is 12.8 Å². The maximum Gasteiger partial charge on any atom is 0.0911 e. The number of hydrogen-bond acceptors (Lipinski definition) is 2. The van der Waals surface area contributed by atoms with Crippen molar-refractivity contribution in [2.24, 2.45) is 11.1 Å². The van der Waals surface area contributed by atoms with E-state index in [9.17, 15) is 0 Å². The van der Waals surface area contributed by atoms with Gasteiger partial charge < -0.3 is 5.73 Å². The van der Waals surface area contributed by atoms with E-state index >= 15 is 0 Å². The normalized spacial score (nSPS) is 18.3. The number of halogens is 1. The van der Waals surface area contributed by atoms with Gasteiger partial charge in [-0.3, -0.25) is 10.3 Å². The standard InChI is InChI=1S/C15H22ClN3/c1-11(12-5-3-4-6-13(12)16)19(2)10-15(7-8-15)9-14(17)18/h3-6,11H,7-10H2,1-2H3,(H3,17,18). The Morgan fingerprint density at radius 1 is 1.47 bits per heavy atom. The van der Waals surface area contributed by atoms with Gasteiger partial charge >= 0.3 is 0 Å². The highest BCUT2D eigenvalue weighted by atomic mass is 35.5. The van der Waals surface area contributed by atoms with E-state index < -0.39 is 0 Å². The molecular weight excluding hydrogens is 258 g/mol. The lowest BCUT2D eigenvalue weighted by Gasteiger charge is -2.29. The summed E-state index contributed by atoms with van der Waals surface area (Å²) in [5.41, 5.74) is 6.94.